The van der Waals surface area contributed by atoms with Gasteiger partial charge in [-0.3, -0.25) is 0 Å². The molecule has 0 aliphatic heterocycles. The molecule has 0 saturated carbocycles. The third kappa shape index (κ3) is 7.34. The van der Waals surface area contributed by atoms with Gasteiger partial charge in [-0.2, -0.15) is 0 Å². The summed E-state index contributed by atoms with van der Waals surface area (Å²) < 4.78 is 0. The minimum absolute atomic E-state index is 0.668. The number of hydrogen-bond donors (Lipinski definition) is 0. The maximum atomic E-state index is 4.93. The summed E-state index contributed by atoms with van der Waals surface area (Å²) in [6.45, 7) is 2.06. The molecule has 0 nitrogen and oxygen atoms in total. The monoisotopic (exact) mass is 280 g/mol. The van der Waals surface area contributed by atoms with Crippen molar-refractivity contribution in [3.63, 3.8) is 0 Å². The van der Waals surface area contributed by atoms with E-state index in [1.54, 1.807) is 0 Å². The summed E-state index contributed by atoms with van der Waals surface area (Å²) in [4.78, 5) is 0. The van der Waals surface area contributed by atoms with Crippen molar-refractivity contribution < 1.29 is 20.8 Å². The van der Waals surface area contributed by atoms with Crippen LogP contribution in [-0.4, -0.2) is 0 Å². The van der Waals surface area contributed by atoms with Crippen molar-refractivity contribution in [1.82, 2.24) is 0 Å². The second kappa shape index (κ2) is 9.77. The van der Waals surface area contributed by atoms with E-state index in [0.29, 0.717) is 5.92 Å². The first-order valence-corrected chi connectivity index (χ1v) is 10.1. The van der Waals surface area contributed by atoms with Crippen molar-refractivity contribution in [3.8, 4) is 0 Å². The molecule has 0 radical (unpaired) electrons. The molecular formula is C9H12Cl2Zr. The van der Waals surface area contributed by atoms with Crippen LogP contribution in [0.3, 0.4) is 0 Å². The molecule has 0 fully saturated rings. The molecule has 0 atom stereocenters. The van der Waals surface area contributed by atoms with Crippen molar-refractivity contribution in [2.45, 2.75) is 13.3 Å². The van der Waals surface area contributed by atoms with Crippen LogP contribution in [0.5, 0.6) is 0 Å². The van der Waals surface area contributed by atoms with Crippen molar-refractivity contribution in [2.75, 3.05) is 0 Å². The first-order valence-electron chi connectivity index (χ1n) is 3.77. The third-order valence-electron chi connectivity index (χ3n) is 1.47. The molecular weight excluding hydrogens is 270 g/mol. The molecule has 0 heterocycles. The van der Waals surface area contributed by atoms with Crippen LogP contribution in [0.15, 0.2) is 36.5 Å². The Balaban J connectivity index is 0.000000354. The average Bonchev–Trinajstić information content (AvgIpc) is 2.54. The van der Waals surface area contributed by atoms with E-state index in [1.807, 2.05) is 0 Å². The molecule has 0 amide bonds. The van der Waals surface area contributed by atoms with Crippen LogP contribution in [0.2, 0.25) is 0 Å². The number of hydrogen-bond acceptors (Lipinski definition) is 0. The fourth-order valence-corrected chi connectivity index (χ4v) is 0.928. The molecule has 66 valence electrons. The van der Waals surface area contributed by atoms with Crippen LogP contribution in [0, 0.1) is 5.92 Å². The third-order valence-corrected chi connectivity index (χ3v) is 1.47. The second-order valence-electron chi connectivity index (χ2n) is 2.31. The predicted octanol–water partition coefficient (Wildman–Crippen LogP) is 4.07. The van der Waals surface area contributed by atoms with E-state index in [0.717, 1.165) is 6.42 Å². The quantitative estimate of drug-likeness (QED) is 0.670. The van der Waals surface area contributed by atoms with E-state index in [2.05, 4.69) is 43.4 Å². The Hall–Kier alpha value is 0.683. The average molecular weight is 282 g/mol. The van der Waals surface area contributed by atoms with Crippen molar-refractivity contribution in [3.05, 3.63) is 36.5 Å². The first-order chi connectivity index (χ1) is 5.85. The Morgan fingerprint density at radius 1 is 1.33 bits per heavy atom. The van der Waals surface area contributed by atoms with E-state index in [-0.39, 0.29) is 0 Å². The molecule has 3 heteroatoms. The Labute approximate surface area is 93.0 Å². The summed E-state index contributed by atoms with van der Waals surface area (Å²) in [5.41, 5.74) is 0. The first kappa shape index (κ1) is 12.7. The molecule has 0 saturated heterocycles. The summed E-state index contributed by atoms with van der Waals surface area (Å²) in [5.74, 6) is 0.668. The molecule has 0 unspecified atom stereocenters. The zero-order valence-electron chi connectivity index (χ0n) is 7.00. The molecule has 1 aliphatic rings. The van der Waals surface area contributed by atoms with Gasteiger partial charge in [0, 0.05) is 0 Å². The van der Waals surface area contributed by atoms with Crippen LogP contribution < -0.4 is 0 Å². The summed E-state index contributed by atoms with van der Waals surface area (Å²) in [5, 5.41) is 0. The molecule has 12 heavy (non-hydrogen) atoms. The van der Waals surface area contributed by atoms with Crippen LogP contribution in [0.1, 0.15) is 13.3 Å². The summed E-state index contributed by atoms with van der Waals surface area (Å²) in [6, 6.07) is 0. The van der Waals surface area contributed by atoms with Crippen LogP contribution >= 0.6 is 17.0 Å². The van der Waals surface area contributed by atoms with Crippen molar-refractivity contribution in [2.24, 2.45) is 5.92 Å². The van der Waals surface area contributed by atoms with Gasteiger partial charge in [-0.05, 0) is 19.3 Å². The van der Waals surface area contributed by atoms with Gasteiger partial charge in [0.25, 0.3) is 0 Å². The van der Waals surface area contributed by atoms with E-state index in [1.165, 1.54) is 0 Å². The Morgan fingerprint density at radius 3 is 2.25 bits per heavy atom. The zero-order chi connectivity index (χ0) is 9.23. The second-order valence-corrected chi connectivity index (χ2v) is 6.04. The van der Waals surface area contributed by atoms with Gasteiger partial charge in [-0.1, -0.05) is 36.5 Å². The predicted molar refractivity (Wildman–Crippen MR) is 52.9 cm³/mol. The molecule has 0 aromatic heterocycles. The number of allylic oxidation sites excluding steroid dienone is 6. The van der Waals surface area contributed by atoms with Gasteiger partial charge in [0.05, 0.1) is 0 Å². The summed E-state index contributed by atoms with van der Waals surface area (Å²) in [6.07, 6.45) is 14.1. The van der Waals surface area contributed by atoms with Gasteiger partial charge in [0.15, 0.2) is 0 Å². The molecule has 0 bridgehead atoms. The maximum absolute atomic E-state index is 4.93. The van der Waals surface area contributed by atoms with Crippen molar-refractivity contribution in [1.29, 1.82) is 0 Å². The molecule has 0 N–H and O–H groups in total. The Bertz CT molecular complexity index is 161. The standard InChI is InChI=1S/C9H12.2ClH.Zr/c1-2-3-6-9-7-4-5-8-9;;;/h2-5,7-9H,6H2,1H3;2*1H;/q;;;+2/p-2. The van der Waals surface area contributed by atoms with Crippen molar-refractivity contribution >= 4 is 17.0 Å². The van der Waals surface area contributed by atoms with Gasteiger partial charge in [0.1, 0.15) is 0 Å². The normalized spacial score (nSPS) is 14.9. The SMILES string of the molecule is CC=CCC1C=CC=C1.[Cl][Zr][Cl]. The van der Waals surface area contributed by atoms with E-state index in [9.17, 15) is 0 Å². The van der Waals surface area contributed by atoms with Gasteiger partial charge >= 0.3 is 37.9 Å². The number of halogens is 2. The molecule has 0 spiro atoms. The Morgan fingerprint density at radius 2 is 1.83 bits per heavy atom. The van der Waals surface area contributed by atoms with Gasteiger partial charge in [-0.25, -0.2) is 0 Å². The fraction of sp³-hybridized carbons (Fsp3) is 0.333. The molecule has 0 aromatic rings. The zero-order valence-corrected chi connectivity index (χ0v) is 11.0. The fourth-order valence-electron chi connectivity index (χ4n) is 0.928. The topological polar surface area (TPSA) is 0 Å². The summed E-state index contributed by atoms with van der Waals surface area (Å²) >= 11 is -0.826. The molecule has 1 aliphatic carbocycles. The van der Waals surface area contributed by atoms with Crippen LogP contribution in [-0.2, 0) is 20.8 Å². The minimum atomic E-state index is -0.826. The Kier molecular flexibility index (Phi) is 10.3. The van der Waals surface area contributed by atoms with E-state index in [4.69, 9.17) is 17.0 Å². The summed E-state index contributed by atoms with van der Waals surface area (Å²) in [7, 11) is 9.87. The van der Waals surface area contributed by atoms with Crippen LogP contribution in [0.25, 0.3) is 0 Å². The number of rotatable bonds is 2. The van der Waals surface area contributed by atoms with Gasteiger partial charge < -0.3 is 0 Å². The van der Waals surface area contributed by atoms with E-state index >= 15 is 0 Å². The van der Waals surface area contributed by atoms with Gasteiger partial charge in [-0.15, -0.1) is 0 Å². The van der Waals surface area contributed by atoms with Crippen LogP contribution in [0.4, 0.5) is 0 Å². The van der Waals surface area contributed by atoms with Gasteiger partial charge in [0.2, 0.25) is 0 Å². The molecule has 1 rings (SSSR count). The van der Waals surface area contributed by atoms with E-state index < -0.39 is 20.8 Å². The molecule has 0 aromatic carbocycles.